The van der Waals surface area contributed by atoms with Crippen LogP contribution in [0.5, 0.6) is 0 Å². The van der Waals surface area contributed by atoms with Gasteiger partial charge in [-0.05, 0) is 56.8 Å². The van der Waals surface area contributed by atoms with E-state index >= 15 is 0 Å². The van der Waals surface area contributed by atoms with E-state index in [1.165, 1.54) is 4.90 Å². The second kappa shape index (κ2) is 10.0. The normalized spacial score (nSPS) is 25.9. The number of halogens is 3. The van der Waals surface area contributed by atoms with Crippen molar-refractivity contribution in [2.45, 2.75) is 103 Å². The van der Waals surface area contributed by atoms with Gasteiger partial charge in [0.15, 0.2) is 0 Å². The summed E-state index contributed by atoms with van der Waals surface area (Å²) in [6.07, 6.45) is -1.74. The molecule has 3 fully saturated rings. The molecule has 4 unspecified atom stereocenters. The first-order valence-electron chi connectivity index (χ1n) is 13.0. The summed E-state index contributed by atoms with van der Waals surface area (Å²) < 4.78 is 39.1. The van der Waals surface area contributed by atoms with Crippen molar-refractivity contribution >= 4 is 23.6 Å². The van der Waals surface area contributed by atoms with Gasteiger partial charge in [-0.15, -0.1) is 0 Å². The molecular weight excluding hydrogens is 503 g/mol. The van der Waals surface area contributed by atoms with Crippen LogP contribution in [0.25, 0.3) is 0 Å². The van der Waals surface area contributed by atoms with Gasteiger partial charge in [-0.2, -0.15) is 18.4 Å². The zero-order valence-electron chi connectivity index (χ0n) is 22.9. The third kappa shape index (κ3) is 5.91. The highest BCUT2D eigenvalue weighted by Gasteiger charge is 2.54. The summed E-state index contributed by atoms with van der Waals surface area (Å²) in [7, 11) is 1.70. The lowest BCUT2D eigenvalue weighted by Crippen LogP contribution is -2.59. The third-order valence-electron chi connectivity index (χ3n) is 8.48. The van der Waals surface area contributed by atoms with E-state index in [1.54, 1.807) is 32.7 Å². The first-order chi connectivity index (χ1) is 17.3. The Hall–Kier alpha value is -2.84. The maximum Gasteiger partial charge on any atom is 0.471 e. The lowest BCUT2D eigenvalue weighted by Gasteiger charge is -2.39. The zero-order valence-corrected chi connectivity index (χ0v) is 22.9. The summed E-state index contributed by atoms with van der Waals surface area (Å²) in [5.41, 5.74) is -1.75. The molecule has 0 radical (unpaired) electrons. The van der Waals surface area contributed by atoms with Gasteiger partial charge in [-0.3, -0.25) is 19.2 Å². The van der Waals surface area contributed by atoms with E-state index < -0.39 is 53.4 Å². The van der Waals surface area contributed by atoms with E-state index in [9.17, 15) is 37.6 Å². The van der Waals surface area contributed by atoms with Gasteiger partial charge >= 0.3 is 12.1 Å². The fourth-order valence-electron chi connectivity index (χ4n) is 5.87. The average molecular weight is 542 g/mol. The molecule has 1 aliphatic carbocycles. The minimum atomic E-state index is -5.17. The molecule has 3 aliphatic rings. The van der Waals surface area contributed by atoms with E-state index in [0.717, 1.165) is 19.3 Å². The molecule has 0 aromatic rings. The van der Waals surface area contributed by atoms with Crippen molar-refractivity contribution < 1.29 is 32.3 Å². The largest absolute Gasteiger partial charge is 0.471 e. The minimum Gasteiger partial charge on any atom is -0.340 e. The molecule has 1 saturated carbocycles. The van der Waals surface area contributed by atoms with Gasteiger partial charge in [0.1, 0.15) is 18.1 Å². The van der Waals surface area contributed by atoms with E-state index in [-0.39, 0.29) is 29.8 Å². The number of nitriles is 1. The SMILES string of the molecule is CN1C(=O)C(CC(C#N)NC(=O)C2CC3(CCC3)CN2C(=O)C(NC(=O)C(F)(F)F)C(C)(C)C)CC1(C)C. The predicted molar refractivity (Wildman–Crippen MR) is 131 cm³/mol. The molecule has 0 bridgehead atoms. The number of hydrogen-bond acceptors (Lipinski definition) is 5. The Kier molecular flexibility index (Phi) is 7.85. The van der Waals surface area contributed by atoms with Crippen LogP contribution in [0.2, 0.25) is 0 Å². The van der Waals surface area contributed by atoms with E-state index in [2.05, 4.69) is 5.32 Å². The van der Waals surface area contributed by atoms with Crippen molar-refractivity contribution in [3.63, 3.8) is 0 Å². The zero-order chi connectivity index (χ0) is 28.8. The molecule has 212 valence electrons. The van der Waals surface area contributed by atoms with E-state index in [0.29, 0.717) is 12.8 Å². The molecular formula is C26H38F3N5O4. The van der Waals surface area contributed by atoms with E-state index in [4.69, 9.17) is 0 Å². The number of alkyl halides is 3. The van der Waals surface area contributed by atoms with Gasteiger partial charge in [0.05, 0.1) is 6.07 Å². The molecule has 12 heteroatoms. The third-order valence-corrected chi connectivity index (χ3v) is 8.48. The topological polar surface area (TPSA) is 123 Å². The number of likely N-dealkylation sites (tertiary alicyclic amines) is 2. The number of rotatable bonds is 6. The van der Waals surface area contributed by atoms with Crippen LogP contribution in [-0.4, -0.2) is 76.9 Å². The Labute approximate surface area is 221 Å². The lowest BCUT2D eigenvalue weighted by molar-refractivity contribution is -0.176. The maximum atomic E-state index is 13.6. The molecule has 38 heavy (non-hydrogen) atoms. The predicted octanol–water partition coefficient (Wildman–Crippen LogP) is 2.51. The number of carbonyl (C=O) groups excluding carboxylic acids is 4. The fourth-order valence-corrected chi connectivity index (χ4v) is 5.87. The molecule has 9 nitrogen and oxygen atoms in total. The molecule has 3 rings (SSSR count). The van der Waals surface area contributed by atoms with Crippen LogP contribution in [0.3, 0.4) is 0 Å². The van der Waals surface area contributed by atoms with Gasteiger partial charge in [-0.25, -0.2) is 0 Å². The van der Waals surface area contributed by atoms with Crippen molar-refractivity contribution in [1.29, 1.82) is 5.26 Å². The number of nitrogens with zero attached hydrogens (tertiary/aromatic N) is 3. The highest BCUT2D eigenvalue weighted by atomic mass is 19.4. The number of hydrogen-bond donors (Lipinski definition) is 2. The summed E-state index contributed by atoms with van der Waals surface area (Å²) in [6.45, 7) is 8.66. The van der Waals surface area contributed by atoms with E-state index in [1.807, 2.05) is 25.2 Å². The van der Waals surface area contributed by atoms with Crippen LogP contribution in [0.1, 0.15) is 73.1 Å². The van der Waals surface area contributed by atoms with Crippen molar-refractivity contribution in [2.75, 3.05) is 13.6 Å². The molecule has 0 aromatic heterocycles. The standard InChI is InChI=1S/C26H38F3N5O4/c1-23(2,3)18(32-22(38)26(27,28)29)21(37)34-14-25(8-7-9-25)12-17(34)19(35)31-16(13-30)10-15-11-24(4,5)33(6)20(15)36/h15-18H,7-12,14H2,1-6H3,(H,31,35)(H,32,38). The van der Waals surface area contributed by atoms with Gasteiger partial charge in [-0.1, -0.05) is 27.2 Å². The van der Waals surface area contributed by atoms with Gasteiger partial charge < -0.3 is 20.4 Å². The first kappa shape index (κ1) is 29.7. The molecule has 1 spiro atoms. The Balaban J connectivity index is 1.79. The smallest absolute Gasteiger partial charge is 0.340 e. The molecule has 4 amide bonds. The molecule has 4 atom stereocenters. The van der Waals surface area contributed by atoms with Gasteiger partial charge in [0, 0.05) is 25.0 Å². The minimum absolute atomic E-state index is 0.107. The monoisotopic (exact) mass is 541 g/mol. The van der Waals surface area contributed by atoms with Crippen LogP contribution in [0, 0.1) is 28.1 Å². The van der Waals surface area contributed by atoms with Gasteiger partial charge in [0.25, 0.3) is 0 Å². The Morgan fingerprint density at radius 2 is 1.74 bits per heavy atom. The maximum absolute atomic E-state index is 13.6. The summed E-state index contributed by atoms with van der Waals surface area (Å²) in [6, 6.07) is -1.44. The summed E-state index contributed by atoms with van der Waals surface area (Å²) in [5.74, 6) is -4.11. The van der Waals surface area contributed by atoms with Crippen molar-refractivity contribution in [3.8, 4) is 6.07 Å². The average Bonchev–Trinajstić information content (AvgIpc) is 3.27. The molecule has 2 saturated heterocycles. The number of carbonyl (C=O) groups is 4. The molecule has 2 aliphatic heterocycles. The van der Waals surface area contributed by atoms with Crippen LogP contribution in [0.15, 0.2) is 0 Å². The van der Waals surface area contributed by atoms with Crippen molar-refractivity contribution in [3.05, 3.63) is 0 Å². The number of nitrogens with one attached hydrogen (secondary N) is 2. The van der Waals surface area contributed by atoms with Gasteiger partial charge in [0.2, 0.25) is 17.7 Å². The summed E-state index contributed by atoms with van der Waals surface area (Å²) in [5, 5.41) is 14.3. The van der Waals surface area contributed by atoms with Crippen LogP contribution in [0.4, 0.5) is 13.2 Å². The van der Waals surface area contributed by atoms with Crippen LogP contribution in [-0.2, 0) is 19.2 Å². The Morgan fingerprint density at radius 1 is 1.13 bits per heavy atom. The first-order valence-corrected chi connectivity index (χ1v) is 13.0. The van der Waals surface area contributed by atoms with Crippen molar-refractivity contribution in [2.24, 2.45) is 16.7 Å². The molecule has 0 aromatic carbocycles. The quantitative estimate of drug-likeness (QED) is 0.535. The Morgan fingerprint density at radius 3 is 2.16 bits per heavy atom. The highest BCUT2D eigenvalue weighted by molar-refractivity contribution is 5.94. The summed E-state index contributed by atoms with van der Waals surface area (Å²) >= 11 is 0. The second-order valence-corrected chi connectivity index (χ2v) is 12.8. The Bertz CT molecular complexity index is 1030. The summed E-state index contributed by atoms with van der Waals surface area (Å²) in [4.78, 5) is 54.4. The van der Waals surface area contributed by atoms with Crippen LogP contribution < -0.4 is 10.6 Å². The molecule has 2 heterocycles. The van der Waals surface area contributed by atoms with Crippen molar-refractivity contribution in [1.82, 2.24) is 20.4 Å². The molecule has 2 N–H and O–H groups in total. The lowest BCUT2D eigenvalue weighted by atomic mass is 9.67. The highest BCUT2D eigenvalue weighted by Crippen LogP contribution is 2.50. The number of amides is 4. The van der Waals surface area contributed by atoms with Crippen LogP contribution >= 0.6 is 0 Å². The fraction of sp³-hybridized carbons (Fsp3) is 0.808. The second-order valence-electron chi connectivity index (χ2n) is 12.8.